The zero-order chi connectivity index (χ0) is 21.3. The van der Waals surface area contributed by atoms with Crippen LogP contribution in [0.4, 0.5) is 4.39 Å². The van der Waals surface area contributed by atoms with Crippen LogP contribution in [0, 0.1) is 10.7 Å². The predicted molar refractivity (Wildman–Crippen MR) is 113 cm³/mol. The van der Waals surface area contributed by atoms with Crippen LogP contribution in [0.2, 0.25) is 5.02 Å². The van der Waals surface area contributed by atoms with E-state index in [-0.39, 0.29) is 22.8 Å². The molecule has 4 rings (SSSR count). The van der Waals surface area contributed by atoms with Crippen LogP contribution >= 0.6 is 23.8 Å². The summed E-state index contributed by atoms with van der Waals surface area (Å²) in [6.07, 6.45) is 0. The molecule has 11 heteroatoms. The number of nitrogens with zero attached hydrogens (tertiary/aromatic N) is 4. The van der Waals surface area contributed by atoms with Crippen molar-refractivity contribution in [1.82, 2.24) is 19.0 Å². The molecule has 1 aliphatic heterocycles. The number of hydrogen-bond donors (Lipinski definition) is 0. The van der Waals surface area contributed by atoms with Crippen LogP contribution in [0.3, 0.4) is 0 Å². The topological polar surface area (TPSA) is 71.6 Å². The van der Waals surface area contributed by atoms with Crippen LogP contribution in [0.25, 0.3) is 11.5 Å². The number of halogens is 2. The van der Waals surface area contributed by atoms with Crippen molar-refractivity contribution in [3.63, 3.8) is 0 Å². The Morgan fingerprint density at radius 2 is 1.73 bits per heavy atom. The Balaban J connectivity index is 1.44. The molecule has 0 radical (unpaired) electrons. The zero-order valence-electron chi connectivity index (χ0n) is 15.7. The van der Waals surface area contributed by atoms with E-state index in [0.717, 1.165) is 6.07 Å². The lowest BCUT2D eigenvalue weighted by molar-refractivity contribution is 0.143. The Morgan fingerprint density at radius 3 is 2.43 bits per heavy atom. The predicted octanol–water partition coefficient (Wildman–Crippen LogP) is 3.63. The molecule has 7 nitrogen and oxygen atoms in total. The molecule has 2 heterocycles. The minimum Gasteiger partial charge on any atom is -0.409 e. The second-order valence-corrected chi connectivity index (χ2v) is 9.41. The Bertz CT molecular complexity index is 1220. The van der Waals surface area contributed by atoms with Gasteiger partial charge in [0.1, 0.15) is 10.7 Å². The number of rotatable bonds is 5. The summed E-state index contributed by atoms with van der Waals surface area (Å²) in [5.41, 5.74) is 0.643. The summed E-state index contributed by atoms with van der Waals surface area (Å²) in [4.78, 5) is 1.90. The van der Waals surface area contributed by atoms with Crippen molar-refractivity contribution < 1.29 is 17.2 Å². The smallest absolute Gasteiger partial charge is 0.288 e. The largest absolute Gasteiger partial charge is 0.409 e. The summed E-state index contributed by atoms with van der Waals surface area (Å²) in [5.74, 6) is -0.424. The molecule has 158 valence electrons. The third-order valence-electron chi connectivity index (χ3n) is 4.83. The average molecular weight is 469 g/mol. The van der Waals surface area contributed by atoms with E-state index in [1.807, 2.05) is 17.0 Å². The van der Waals surface area contributed by atoms with Gasteiger partial charge in [0.15, 0.2) is 0 Å². The first kappa shape index (κ1) is 21.1. The van der Waals surface area contributed by atoms with Crippen molar-refractivity contribution in [2.75, 3.05) is 26.2 Å². The molecule has 0 atom stereocenters. The highest BCUT2D eigenvalue weighted by atomic mass is 35.5. The zero-order valence-corrected chi connectivity index (χ0v) is 18.1. The molecule has 1 fully saturated rings. The molecule has 2 aromatic carbocycles. The average Bonchev–Trinajstić information content (AvgIpc) is 3.09. The van der Waals surface area contributed by atoms with Gasteiger partial charge in [0.25, 0.3) is 4.84 Å². The highest BCUT2D eigenvalue weighted by molar-refractivity contribution is 7.89. The number of aromatic nitrogens is 2. The second-order valence-electron chi connectivity index (χ2n) is 6.75. The molecule has 0 spiro atoms. The molecule has 3 aromatic rings. The van der Waals surface area contributed by atoms with Gasteiger partial charge in [-0.2, -0.15) is 4.31 Å². The van der Waals surface area contributed by atoms with Gasteiger partial charge in [-0.1, -0.05) is 35.9 Å². The first-order valence-electron chi connectivity index (χ1n) is 9.16. The Morgan fingerprint density at radius 1 is 1.07 bits per heavy atom. The van der Waals surface area contributed by atoms with E-state index in [1.165, 1.54) is 27.2 Å². The van der Waals surface area contributed by atoms with E-state index in [4.69, 9.17) is 28.2 Å². The molecule has 1 aliphatic rings. The van der Waals surface area contributed by atoms with Crippen LogP contribution < -0.4 is 0 Å². The quantitative estimate of drug-likeness (QED) is 0.532. The lowest BCUT2D eigenvalue weighted by Gasteiger charge is -2.33. The summed E-state index contributed by atoms with van der Waals surface area (Å²) in [7, 11) is -3.88. The minimum atomic E-state index is -3.88. The molecule has 0 N–H and O–H groups in total. The van der Waals surface area contributed by atoms with Gasteiger partial charge >= 0.3 is 0 Å². The molecule has 0 bridgehead atoms. The van der Waals surface area contributed by atoms with Crippen molar-refractivity contribution in [1.29, 1.82) is 0 Å². The van der Waals surface area contributed by atoms with E-state index in [1.54, 1.807) is 12.1 Å². The first-order valence-corrected chi connectivity index (χ1v) is 11.4. The van der Waals surface area contributed by atoms with Gasteiger partial charge in [0, 0.05) is 26.2 Å². The molecular weight excluding hydrogens is 451 g/mol. The van der Waals surface area contributed by atoms with Crippen molar-refractivity contribution in [2.45, 2.75) is 11.6 Å². The monoisotopic (exact) mass is 468 g/mol. The van der Waals surface area contributed by atoms with E-state index in [0.29, 0.717) is 36.2 Å². The fraction of sp³-hybridized carbons (Fsp3) is 0.263. The lowest BCUT2D eigenvalue weighted by Crippen LogP contribution is -2.49. The van der Waals surface area contributed by atoms with E-state index < -0.39 is 15.8 Å². The first-order chi connectivity index (χ1) is 14.4. The summed E-state index contributed by atoms with van der Waals surface area (Å²) in [6, 6.07) is 12.6. The van der Waals surface area contributed by atoms with Crippen LogP contribution in [-0.2, 0) is 16.7 Å². The normalized spacial score (nSPS) is 16.1. The molecule has 0 aliphatic carbocycles. The summed E-state index contributed by atoms with van der Waals surface area (Å²) >= 11 is 11.5. The molecule has 0 saturated carbocycles. The van der Waals surface area contributed by atoms with Gasteiger partial charge in [-0.15, -0.1) is 5.10 Å². The molecular formula is C19H18ClFN4O3S2. The Hall–Kier alpha value is -2.11. The number of piperazine rings is 1. The summed E-state index contributed by atoms with van der Waals surface area (Å²) in [6.45, 7) is 1.71. The molecule has 1 aromatic heterocycles. The summed E-state index contributed by atoms with van der Waals surface area (Å²) in [5, 5.41) is 4.91. The standard InChI is InChI=1S/C19H18ClFN4O3S2/c20-15-6-2-1-5-14(15)18-22-25(19(29)28-18)13-23-9-11-24(12-10-23)30(26,27)17-8-4-3-7-16(17)21/h1-8H,9-13H2. The van der Waals surface area contributed by atoms with Crippen LogP contribution in [0.15, 0.2) is 57.8 Å². The maximum atomic E-state index is 14.0. The van der Waals surface area contributed by atoms with Gasteiger partial charge in [-0.3, -0.25) is 4.90 Å². The van der Waals surface area contributed by atoms with Gasteiger partial charge in [0.05, 0.1) is 17.3 Å². The third kappa shape index (κ3) is 4.19. The highest BCUT2D eigenvalue weighted by Gasteiger charge is 2.30. The van der Waals surface area contributed by atoms with Gasteiger partial charge in [-0.05, 0) is 36.5 Å². The van der Waals surface area contributed by atoms with Gasteiger partial charge in [-0.25, -0.2) is 17.5 Å². The SMILES string of the molecule is O=S(=O)(c1ccccc1F)N1CCN(Cn2nc(-c3ccccc3Cl)oc2=S)CC1. The highest BCUT2D eigenvalue weighted by Crippen LogP contribution is 2.26. The fourth-order valence-electron chi connectivity index (χ4n) is 3.23. The number of sulfonamides is 1. The van der Waals surface area contributed by atoms with E-state index >= 15 is 0 Å². The fourth-order valence-corrected chi connectivity index (χ4v) is 5.11. The van der Waals surface area contributed by atoms with Crippen LogP contribution in [0.5, 0.6) is 0 Å². The van der Waals surface area contributed by atoms with Gasteiger partial charge < -0.3 is 4.42 Å². The van der Waals surface area contributed by atoms with Crippen molar-refractivity contribution in [3.05, 3.63) is 64.2 Å². The molecule has 0 unspecified atom stereocenters. The maximum Gasteiger partial charge on any atom is 0.288 e. The van der Waals surface area contributed by atoms with Gasteiger partial charge in [0.2, 0.25) is 15.9 Å². The lowest BCUT2D eigenvalue weighted by atomic mass is 10.2. The third-order valence-corrected chi connectivity index (χ3v) is 7.39. The molecule has 30 heavy (non-hydrogen) atoms. The van der Waals surface area contributed by atoms with Crippen molar-refractivity contribution in [3.8, 4) is 11.5 Å². The Kier molecular flexibility index (Phi) is 6.03. The summed E-state index contributed by atoms with van der Waals surface area (Å²) < 4.78 is 47.8. The molecule has 1 saturated heterocycles. The second kappa shape index (κ2) is 8.56. The minimum absolute atomic E-state index is 0.200. The van der Waals surface area contributed by atoms with E-state index in [2.05, 4.69) is 5.10 Å². The van der Waals surface area contributed by atoms with Crippen LogP contribution in [-0.4, -0.2) is 53.6 Å². The molecule has 0 amide bonds. The number of hydrogen-bond acceptors (Lipinski definition) is 6. The van der Waals surface area contributed by atoms with Crippen LogP contribution in [0.1, 0.15) is 0 Å². The maximum absolute atomic E-state index is 14.0. The number of benzene rings is 2. The van der Waals surface area contributed by atoms with E-state index in [9.17, 15) is 12.8 Å². The van der Waals surface area contributed by atoms with Crippen molar-refractivity contribution in [2.24, 2.45) is 0 Å². The van der Waals surface area contributed by atoms with Crippen molar-refractivity contribution >= 4 is 33.8 Å². The Labute approximate surface area is 183 Å².